The maximum Gasteiger partial charge on any atom is 0.459 e. The van der Waals surface area contributed by atoms with Crippen LogP contribution in [0.2, 0.25) is 0 Å². The average Bonchev–Trinajstić information content (AvgIpc) is 3.47. The number of aryl methyl sites for hydroxylation is 1. The largest absolute Gasteiger partial charge is 0.459 e. The van der Waals surface area contributed by atoms with Crippen molar-refractivity contribution in [1.29, 1.82) is 0 Å². The molecule has 0 aliphatic heterocycles. The highest BCUT2D eigenvalue weighted by Crippen LogP contribution is 2.45. The lowest BCUT2D eigenvalue weighted by molar-refractivity contribution is -0.290. The van der Waals surface area contributed by atoms with Gasteiger partial charge in [-0.05, 0) is 47.4 Å². The molecule has 0 fully saturated rings. The van der Waals surface area contributed by atoms with Crippen LogP contribution in [-0.4, -0.2) is 35.8 Å². The number of aliphatic hydroxyl groups is 1. The number of nitrogens with zero attached hydrogens (tertiary/aromatic N) is 5. The van der Waals surface area contributed by atoms with Crippen LogP contribution >= 0.6 is 0 Å². The van der Waals surface area contributed by atoms with Gasteiger partial charge in [-0.2, -0.15) is 22.0 Å². The first-order chi connectivity index (χ1) is 16.1. The SMILES string of the molecule is Cc1cc(-c2cc(C(F)(F)C(F)(F)F)nc3c2ccc2nc(-c4nnco4)cn23)ccc1CO. The molecule has 0 spiro atoms. The number of alkyl halides is 5. The number of halogens is 5. The number of imidazole rings is 1. The van der Waals surface area contributed by atoms with Crippen molar-refractivity contribution >= 4 is 16.7 Å². The van der Waals surface area contributed by atoms with E-state index in [0.29, 0.717) is 22.1 Å². The zero-order valence-electron chi connectivity index (χ0n) is 17.3. The summed E-state index contributed by atoms with van der Waals surface area (Å²) < 4.78 is 75.0. The van der Waals surface area contributed by atoms with Gasteiger partial charge < -0.3 is 9.52 Å². The van der Waals surface area contributed by atoms with Gasteiger partial charge in [0.05, 0.1) is 6.61 Å². The Hall–Kier alpha value is -3.93. The van der Waals surface area contributed by atoms with Crippen molar-refractivity contribution in [3.8, 4) is 22.7 Å². The quantitative estimate of drug-likeness (QED) is 0.366. The molecule has 5 rings (SSSR count). The van der Waals surface area contributed by atoms with Crippen LogP contribution in [0.25, 0.3) is 39.4 Å². The maximum atomic E-state index is 14.4. The zero-order chi connectivity index (χ0) is 24.3. The maximum absolute atomic E-state index is 14.4. The van der Waals surface area contributed by atoms with Crippen LogP contribution in [0, 0.1) is 6.92 Å². The second-order valence-electron chi connectivity index (χ2n) is 7.60. The normalized spacial score (nSPS) is 12.7. The Morgan fingerprint density at radius 2 is 1.82 bits per heavy atom. The van der Waals surface area contributed by atoms with Gasteiger partial charge in [0.15, 0.2) is 0 Å². The van der Waals surface area contributed by atoms with Crippen molar-refractivity contribution in [3.63, 3.8) is 0 Å². The molecule has 7 nitrogen and oxygen atoms in total. The third kappa shape index (κ3) is 3.37. The molecular formula is C22H14F5N5O2. The molecule has 0 aliphatic carbocycles. The molecule has 0 saturated carbocycles. The monoisotopic (exact) mass is 475 g/mol. The van der Waals surface area contributed by atoms with Crippen molar-refractivity contribution in [2.75, 3.05) is 0 Å². The van der Waals surface area contributed by atoms with Gasteiger partial charge in [-0.3, -0.25) is 4.40 Å². The number of aliphatic hydroxyl groups excluding tert-OH is 1. The van der Waals surface area contributed by atoms with E-state index < -0.39 is 17.8 Å². The summed E-state index contributed by atoms with van der Waals surface area (Å²) in [6, 6.07) is 8.60. The summed E-state index contributed by atoms with van der Waals surface area (Å²) in [5, 5.41) is 17.0. The Bertz CT molecular complexity index is 1530. The molecule has 0 bridgehead atoms. The third-order valence-electron chi connectivity index (χ3n) is 5.48. The van der Waals surface area contributed by atoms with Crippen molar-refractivity contribution in [3.05, 3.63) is 65.8 Å². The molecular weight excluding hydrogens is 461 g/mol. The van der Waals surface area contributed by atoms with Gasteiger partial charge in [0.2, 0.25) is 6.39 Å². The molecule has 5 aromatic rings. The highest BCUT2D eigenvalue weighted by molar-refractivity contribution is 5.94. The minimum Gasteiger partial charge on any atom is -0.422 e. The van der Waals surface area contributed by atoms with Crippen LogP contribution in [-0.2, 0) is 12.5 Å². The first kappa shape index (κ1) is 21.9. The van der Waals surface area contributed by atoms with E-state index in [-0.39, 0.29) is 35.0 Å². The second-order valence-corrected chi connectivity index (χ2v) is 7.60. The van der Waals surface area contributed by atoms with Crippen molar-refractivity contribution in [2.45, 2.75) is 25.6 Å². The number of benzene rings is 1. The molecule has 0 saturated heterocycles. The summed E-state index contributed by atoms with van der Waals surface area (Å²) in [7, 11) is 0. The van der Waals surface area contributed by atoms with Gasteiger partial charge in [-0.15, -0.1) is 10.2 Å². The topological polar surface area (TPSA) is 89.3 Å². The Labute approximate surface area is 187 Å². The molecule has 4 aromatic heterocycles. The fourth-order valence-electron chi connectivity index (χ4n) is 3.70. The van der Waals surface area contributed by atoms with Crippen LogP contribution in [0.3, 0.4) is 0 Å². The lowest BCUT2D eigenvalue weighted by Crippen LogP contribution is -2.34. The number of pyridine rings is 2. The summed E-state index contributed by atoms with van der Waals surface area (Å²) in [6.07, 6.45) is -3.40. The van der Waals surface area contributed by atoms with Crippen LogP contribution in [0.1, 0.15) is 16.8 Å². The van der Waals surface area contributed by atoms with Crippen molar-refractivity contribution in [1.82, 2.24) is 24.6 Å². The van der Waals surface area contributed by atoms with E-state index in [0.717, 1.165) is 12.5 Å². The molecule has 0 radical (unpaired) electrons. The highest BCUT2D eigenvalue weighted by atomic mass is 19.4. The number of rotatable bonds is 4. The summed E-state index contributed by atoms with van der Waals surface area (Å²) in [5.41, 5.74) is 0.580. The van der Waals surface area contributed by atoms with E-state index in [4.69, 9.17) is 4.42 Å². The molecule has 0 amide bonds. The van der Waals surface area contributed by atoms with Gasteiger partial charge in [-0.25, -0.2) is 9.97 Å². The Balaban J connectivity index is 1.84. The predicted octanol–water partition coefficient (Wildman–Crippen LogP) is 5.05. The van der Waals surface area contributed by atoms with E-state index in [9.17, 15) is 27.1 Å². The fraction of sp³-hybridized carbons (Fsp3) is 0.182. The smallest absolute Gasteiger partial charge is 0.422 e. The molecule has 0 aliphatic rings. The lowest BCUT2D eigenvalue weighted by Gasteiger charge is -2.21. The van der Waals surface area contributed by atoms with E-state index in [1.165, 1.54) is 10.6 Å². The summed E-state index contributed by atoms with van der Waals surface area (Å²) in [5.74, 6) is -5.15. The lowest BCUT2D eigenvalue weighted by atomic mass is 9.96. The van der Waals surface area contributed by atoms with Gasteiger partial charge in [-0.1, -0.05) is 18.2 Å². The fourth-order valence-corrected chi connectivity index (χ4v) is 3.70. The first-order valence-corrected chi connectivity index (χ1v) is 9.85. The van der Waals surface area contributed by atoms with E-state index in [1.54, 1.807) is 37.3 Å². The highest BCUT2D eigenvalue weighted by Gasteiger charge is 2.60. The predicted molar refractivity (Wildman–Crippen MR) is 110 cm³/mol. The summed E-state index contributed by atoms with van der Waals surface area (Å²) >= 11 is 0. The zero-order valence-corrected chi connectivity index (χ0v) is 17.3. The van der Waals surface area contributed by atoms with Crippen molar-refractivity contribution < 1.29 is 31.5 Å². The Morgan fingerprint density at radius 3 is 2.47 bits per heavy atom. The first-order valence-electron chi connectivity index (χ1n) is 9.85. The van der Waals surface area contributed by atoms with E-state index in [2.05, 4.69) is 20.2 Å². The molecule has 174 valence electrons. The van der Waals surface area contributed by atoms with Crippen LogP contribution in [0.5, 0.6) is 0 Å². The second kappa shape index (κ2) is 7.55. The van der Waals surface area contributed by atoms with Crippen LogP contribution < -0.4 is 0 Å². The molecule has 1 N–H and O–H groups in total. The minimum absolute atomic E-state index is 0.0454. The number of hydrogen-bond acceptors (Lipinski definition) is 6. The van der Waals surface area contributed by atoms with Crippen LogP contribution in [0.15, 0.2) is 53.4 Å². The van der Waals surface area contributed by atoms with Crippen molar-refractivity contribution in [2.24, 2.45) is 0 Å². The molecule has 12 heteroatoms. The van der Waals surface area contributed by atoms with Gasteiger partial charge in [0.25, 0.3) is 5.89 Å². The van der Waals surface area contributed by atoms with E-state index in [1.807, 2.05) is 0 Å². The summed E-state index contributed by atoms with van der Waals surface area (Å²) in [4.78, 5) is 8.00. The number of hydrogen-bond donors (Lipinski definition) is 1. The molecule has 0 atom stereocenters. The van der Waals surface area contributed by atoms with Crippen LogP contribution in [0.4, 0.5) is 22.0 Å². The number of aromatic nitrogens is 5. The Morgan fingerprint density at radius 1 is 1.03 bits per heavy atom. The molecule has 34 heavy (non-hydrogen) atoms. The number of fused-ring (bicyclic) bond motifs is 3. The van der Waals surface area contributed by atoms with Gasteiger partial charge in [0, 0.05) is 11.6 Å². The molecule has 1 aromatic carbocycles. The molecule has 0 unspecified atom stereocenters. The van der Waals surface area contributed by atoms with E-state index >= 15 is 0 Å². The Kier molecular flexibility index (Phi) is 4.86. The standard InChI is InChI=1S/C22H14F5N5O2/c1-11-6-12(2-3-13(11)9-33)15-7-17(21(23,24)22(25,26)27)30-19-14(15)4-5-18-29-16(8-32(18)19)20-31-28-10-34-20/h2-8,10,33H,9H2,1H3. The minimum atomic E-state index is -5.85. The van der Waals surface area contributed by atoms with Gasteiger partial charge >= 0.3 is 12.1 Å². The molecule has 4 heterocycles. The van der Waals surface area contributed by atoms with Gasteiger partial charge in [0.1, 0.15) is 22.7 Å². The average molecular weight is 475 g/mol. The third-order valence-corrected chi connectivity index (χ3v) is 5.48. The summed E-state index contributed by atoms with van der Waals surface area (Å²) in [6.45, 7) is 1.46.